The van der Waals surface area contributed by atoms with Crippen LogP contribution in [-0.2, 0) is 31.9 Å². The van der Waals surface area contributed by atoms with Crippen molar-refractivity contribution in [3.8, 4) is 0 Å². The number of amides is 1. The molecule has 0 radical (unpaired) electrons. The Morgan fingerprint density at radius 2 is 1.96 bits per heavy atom. The van der Waals surface area contributed by atoms with Crippen LogP contribution in [0, 0.1) is 0 Å². The Hall–Kier alpha value is -1.95. The van der Waals surface area contributed by atoms with Crippen LogP contribution >= 0.6 is 0 Å². The summed E-state index contributed by atoms with van der Waals surface area (Å²) in [5.74, 6) is 0. The van der Waals surface area contributed by atoms with Crippen molar-refractivity contribution in [2.75, 3.05) is 6.54 Å². The van der Waals surface area contributed by atoms with Crippen LogP contribution in [0.15, 0.2) is 12.5 Å². The summed E-state index contributed by atoms with van der Waals surface area (Å²) in [6.07, 6.45) is -0.241. The first-order valence-electron chi connectivity index (χ1n) is 7.57. The molecule has 2 rings (SSSR count). The lowest BCUT2D eigenvalue weighted by atomic mass is 10.1. The molecule has 0 bridgehead atoms. The molecule has 0 aliphatic carbocycles. The molecule has 1 aromatic rings. The lowest BCUT2D eigenvalue weighted by Gasteiger charge is -2.31. The van der Waals surface area contributed by atoms with E-state index in [9.17, 15) is 26.4 Å². The van der Waals surface area contributed by atoms with Crippen molar-refractivity contribution in [1.82, 2.24) is 14.9 Å². The van der Waals surface area contributed by atoms with E-state index in [4.69, 9.17) is 4.74 Å². The summed E-state index contributed by atoms with van der Waals surface area (Å²) in [6, 6.07) is 0. The topological polar surface area (TPSA) is 98.7 Å². The number of hydrogen-bond acceptors (Lipinski definition) is 7. The number of nitrogens with zero attached hydrogens (tertiary/aromatic N) is 3. The number of carbonyl (C=O) groups excluding carboxylic acids is 1. The molecule has 146 valence electrons. The second kappa shape index (κ2) is 6.99. The van der Waals surface area contributed by atoms with Crippen LogP contribution in [0.3, 0.4) is 0 Å². The summed E-state index contributed by atoms with van der Waals surface area (Å²) in [4.78, 5) is 21.0. The molecule has 26 heavy (non-hydrogen) atoms. The first-order chi connectivity index (χ1) is 11.8. The van der Waals surface area contributed by atoms with Crippen molar-refractivity contribution >= 4 is 16.2 Å². The predicted octanol–water partition coefficient (Wildman–Crippen LogP) is 2.00. The molecule has 1 aliphatic heterocycles. The quantitative estimate of drug-likeness (QED) is 0.556. The Morgan fingerprint density at radius 3 is 2.54 bits per heavy atom. The van der Waals surface area contributed by atoms with E-state index in [1.54, 1.807) is 20.8 Å². The zero-order chi connectivity index (χ0) is 19.8. The van der Waals surface area contributed by atoms with Gasteiger partial charge in [-0.2, -0.15) is 21.6 Å². The highest BCUT2D eigenvalue weighted by atomic mass is 32.2. The fourth-order valence-corrected chi connectivity index (χ4v) is 2.83. The molecule has 0 saturated carbocycles. The number of hydrogen-bond donors (Lipinski definition) is 0. The minimum absolute atomic E-state index is 0.118. The van der Waals surface area contributed by atoms with Crippen molar-refractivity contribution in [1.29, 1.82) is 0 Å². The van der Waals surface area contributed by atoms with Crippen LogP contribution in [0.2, 0.25) is 0 Å². The first kappa shape index (κ1) is 20.4. The van der Waals surface area contributed by atoms with Crippen LogP contribution in [0.5, 0.6) is 0 Å². The summed E-state index contributed by atoms with van der Waals surface area (Å²) in [5.41, 5.74) is -5.67. The minimum atomic E-state index is -5.92. The predicted molar refractivity (Wildman–Crippen MR) is 82.2 cm³/mol. The molecule has 0 saturated heterocycles. The number of halogens is 3. The minimum Gasteiger partial charge on any atom is -0.444 e. The zero-order valence-electron chi connectivity index (χ0n) is 14.3. The summed E-state index contributed by atoms with van der Waals surface area (Å²) >= 11 is 0. The van der Waals surface area contributed by atoms with E-state index >= 15 is 0 Å². The SMILES string of the molecule is CC(C)(C)OC(=O)N1CCc2cncnc2CC1OS(=O)(=O)C(F)(F)F. The van der Waals surface area contributed by atoms with E-state index < -0.39 is 33.5 Å². The Bertz CT molecular complexity index is 777. The number of alkyl halides is 3. The first-order valence-corrected chi connectivity index (χ1v) is 8.98. The van der Waals surface area contributed by atoms with Crippen molar-refractivity contribution in [2.45, 2.75) is 51.0 Å². The van der Waals surface area contributed by atoms with Crippen LogP contribution in [-0.4, -0.2) is 53.3 Å². The molecule has 0 N–H and O–H groups in total. The van der Waals surface area contributed by atoms with E-state index in [2.05, 4.69) is 14.2 Å². The van der Waals surface area contributed by atoms with Crippen molar-refractivity contribution < 1.29 is 35.3 Å². The monoisotopic (exact) mass is 397 g/mol. The number of carbonyl (C=O) groups is 1. The van der Waals surface area contributed by atoms with E-state index in [-0.39, 0.29) is 19.4 Å². The molecule has 1 atom stereocenters. The van der Waals surface area contributed by atoms with Crippen LogP contribution < -0.4 is 0 Å². The summed E-state index contributed by atoms with van der Waals surface area (Å²) in [6.45, 7) is 4.61. The highest BCUT2D eigenvalue weighted by Gasteiger charge is 2.50. The molecular formula is C14H18F3N3O5S. The number of rotatable bonds is 2. The Morgan fingerprint density at radius 1 is 1.31 bits per heavy atom. The van der Waals surface area contributed by atoms with Crippen molar-refractivity contribution in [3.63, 3.8) is 0 Å². The molecule has 1 aliphatic rings. The second-order valence-corrected chi connectivity index (χ2v) is 8.14. The Labute approximate surface area is 148 Å². The van der Waals surface area contributed by atoms with Gasteiger partial charge in [0.15, 0.2) is 6.23 Å². The number of aromatic nitrogens is 2. The molecular weight excluding hydrogens is 379 g/mol. The van der Waals surface area contributed by atoms with Crippen LogP contribution in [0.4, 0.5) is 18.0 Å². The molecule has 1 aromatic heterocycles. The maximum atomic E-state index is 12.7. The lowest BCUT2D eigenvalue weighted by Crippen LogP contribution is -2.47. The maximum Gasteiger partial charge on any atom is 0.523 e. The largest absolute Gasteiger partial charge is 0.523 e. The average molecular weight is 397 g/mol. The maximum absolute atomic E-state index is 12.7. The van der Waals surface area contributed by atoms with Crippen molar-refractivity contribution in [3.05, 3.63) is 23.8 Å². The molecule has 2 heterocycles. The average Bonchev–Trinajstić information content (AvgIpc) is 2.62. The molecule has 0 fully saturated rings. The van der Waals surface area contributed by atoms with Gasteiger partial charge in [-0.15, -0.1) is 0 Å². The molecule has 1 unspecified atom stereocenters. The highest BCUT2D eigenvalue weighted by molar-refractivity contribution is 7.87. The summed E-state index contributed by atoms with van der Waals surface area (Å²) in [7, 11) is -5.92. The highest BCUT2D eigenvalue weighted by Crippen LogP contribution is 2.29. The normalized spacial score (nSPS) is 18.8. The Balaban J connectivity index is 2.36. The van der Waals surface area contributed by atoms with Gasteiger partial charge in [-0.3, -0.25) is 4.90 Å². The van der Waals surface area contributed by atoms with Gasteiger partial charge in [0.05, 0.1) is 5.69 Å². The van der Waals surface area contributed by atoms with E-state index in [1.165, 1.54) is 12.5 Å². The van der Waals surface area contributed by atoms with Gasteiger partial charge in [0.1, 0.15) is 11.9 Å². The fourth-order valence-electron chi connectivity index (χ4n) is 2.25. The molecule has 12 heteroatoms. The van der Waals surface area contributed by atoms with Crippen LogP contribution in [0.25, 0.3) is 0 Å². The summed E-state index contributed by atoms with van der Waals surface area (Å²) in [5, 5.41) is 0. The molecule has 1 amide bonds. The fraction of sp³-hybridized carbons (Fsp3) is 0.643. The molecule has 0 spiro atoms. The number of fused-ring (bicyclic) bond motifs is 1. The van der Waals surface area contributed by atoms with Gasteiger partial charge in [0.2, 0.25) is 0 Å². The van der Waals surface area contributed by atoms with E-state index in [0.717, 1.165) is 4.90 Å². The van der Waals surface area contributed by atoms with Gasteiger partial charge in [0.25, 0.3) is 0 Å². The van der Waals surface area contributed by atoms with Gasteiger partial charge in [-0.1, -0.05) is 0 Å². The standard InChI is InChI=1S/C14H18F3N3O5S/c1-13(2,3)24-12(21)20-5-4-9-7-18-8-19-10(9)6-11(20)25-26(22,23)14(15,16)17/h7-8,11H,4-6H2,1-3H3. The zero-order valence-corrected chi connectivity index (χ0v) is 15.1. The van der Waals surface area contributed by atoms with Gasteiger partial charge in [-0.25, -0.2) is 18.9 Å². The summed E-state index contributed by atoms with van der Waals surface area (Å²) < 4.78 is 70.5. The Kier molecular flexibility index (Phi) is 5.47. The molecule has 0 aromatic carbocycles. The lowest BCUT2D eigenvalue weighted by molar-refractivity contribution is -0.0689. The third-order valence-corrected chi connectivity index (χ3v) is 4.41. The second-order valence-electron chi connectivity index (χ2n) is 6.57. The van der Waals surface area contributed by atoms with E-state index in [0.29, 0.717) is 11.3 Å². The third-order valence-electron chi connectivity index (χ3n) is 3.37. The third kappa shape index (κ3) is 4.81. The number of ether oxygens (including phenoxy) is 1. The van der Waals surface area contributed by atoms with E-state index in [1.807, 2.05) is 0 Å². The van der Waals surface area contributed by atoms with Gasteiger partial charge in [0, 0.05) is 19.2 Å². The van der Waals surface area contributed by atoms with Crippen molar-refractivity contribution in [2.24, 2.45) is 0 Å². The van der Waals surface area contributed by atoms with Gasteiger partial charge in [-0.05, 0) is 32.8 Å². The van der Waals surface area contributed by atoms with Gasteiger partial charge >= 0.3 is 21.7 Å². The smallest absolute Gasteiger partial charge is 0.444 e. The van der Waals surface area contributed by atoms with Crippen LogP contribution in [0.1, 0.15) is 32.0 Å². The molecule has 8 nitrogen and oxygen atoms in total. The van der Waals surface area contributed by atoms with Gasteiger partial charge < -0.3 is 4.74 Å².